The van der Waals surface area contributed by atoms with E-state index >= 15 is 0 Å². The van der Waals surface area contributed by atoms with Crippen LogP contribution in [0.5, 0.6) is 5.75 Å². The molecule has 1 spiro atoms. The molecule has 1 aliphatic carbocycles. The maximum atomic E-state index is 12.6. The van der Waals surface area contributed by atoms with Crippen LogP contribution in [0.3, 0.4) is 0 Å². The second-order valence-electron chi connectivity index (χ2n) is 7.49. The summed E-state index contributed by atoms with van der Waals surface area (Å²) < 4.78 is 5.36. The number of amides is 4. The van der Waals surface area contributed by atoms with Crippen molar-refractivity contribution in [1.29, 1.82) is 0 Å². The van der Waals surface area contributed by atoms with Gasteiger partial charge in [-0.3, -0.25) is 14.5 Å². The fourth-order valence-electron chi connectivity index (χ4n) is 3.97. The minimum Gasteiger partial charge on any atom is -0.496 e. The van der Waals surface area contributed by atoms with E-state index in [1.54, 1.807) is 19.1 Å². The smallest absolute Gasteiger partial charge is 0.325 e. The molecule has 0 unspecified atom stereocenters. The molecule has 1 aromatic rings. The second kappa shape index (κ2) is 7.58. The standard InChI is InChI=1S/C20H27N3O4/c1-14-6-7-16(27-3)15(12-14)13-22(2)17(24)8-11-23-18(25)20(21-19(23)26)9-4-5-10-20/h6-7,12H,4-5,8-11,13H2,1-3H3,(H,21,26). The Labute approximate surface area is 159 Å². The van der Waals surface area contributed by atoms with Crippen LogP contribution in [0, 0.1) is 6.92 Å². The van der Waals surface area contributed by atoms with Crippen molar-refractivity contribution in [3.63, 3.8) is 0 Å². The van der Waals surface area contributed by atoms with Crippen molar-refractivity contribution < 1.29 is 19.1 Å². The summed E-state index contributed by atoms with van der Waals surface area (Å²) in [6.45, 7) is 2.51. The van der Waals surface area contributed by atoms with Crippen molar-refractivity contribution in [2.45, 2.75) is 51.1 Å². The van der Waals surface area contributed by atoms with Crippen molar-refractivity contribution in [3.05, 3.63) is 29.3 Å². The number of carbonyl (C=O) groups is 3. The largest absolute Gasteiger partial charge is 0.496 e. The van der Waals surface area contributed by atoms with Gasteiger partial charge >= 0.3 is 6.03 Å². The first-order valence-corrected chi connectivity index (χ1v) is 9.38. The summed E-state index contributed by atoms with van der Waals surface area (Å²) in [4.78, 5) is 40.2. The Balaban J connectivity index is 1.58. The fourth-order valence-corrected chi connectivity index (χ4v) is 3.97. The predicted molar refractivity (Wildman–Crippen MR) is 100 cm³/mol. The van der Waals surface area contributed by atoms with Gasteiger partial charge in [0.05, 0.1) is 7.11 Å². The van der Waals surface area contributed by atoms with Crippen LogP contribution in [0.1, 0.15) is 43.2 Å². The maximum absolute atomic E-state index is 12.6. The summed E-state index contributed by atoms with van der Waals surface area (Å²) in [6.07, 6.45) is 3.38. The quantitative estimate of drug-likeness (QED) is 0.776. The lowest BCUT2D eigenvalue weighted by molar-refractivity contribution is -0.133. The summed E-state index contributed by atoms with van der Waals surface area (Å²) in [5, 5.41) is 2.84. The predicted octanol–water partition coefficient (Wildman–Crippen LogP) is 2.22. The molecule has 1 aliphatic heterocycles. The van der Waals surface area contributed by atoms with Crippen LogP contribution in [0.4, 0.5) is 4.79 Å². The van der Waals surface area contributed by atoms with E-state index in [0.717, 1.165) is 29.7 Å². The molecule has 0 aromatic heterocycles. The van der Waals surface area contributed by atoms with Crippen molar-refractivity contribution in [2.24, 2.45) is 0 Å². The van der Waals surface area contributed by atoms with Crippen LogP contribution in [0.25, 0.3) is 0 Å². The average molecular weight is 373 g/mol. The van der Waals surface area contributed by atoms with Gasteiger partial charge in [-0.25, -0.2) is 4.79 Å². The Morgan fingerprint density at radius 3 is 2.67 bits per heavy atom. The lowest BCUT2D eigenvalue weighted by atomic mass is 9.98. The van der Waals surface area contributed by atoms with Gasteiger partial charge < -0.3 is 15.0 Å². The van der Waals surface area contributed by atoms with Crippen LogP contribution in [0.2, 0.25) is 0 Å². The molecule has 4 amide bonds. The van der Waals surface area contributed by atoms with Crippen LogP contribution in [-0.2, 0) is 16.1 Å². The molecule has 7 heteroatoms. The first-order chi connectivity index (χ1) is 12.9. The lowest BCUT2D eigenvalue weighted by Gasteiger charge is -2.22. The van der Waals surface area contributed by atoms with Gasteiger partial charge in [-0.05, 0) is 25.8 Å². The van der Waals surface area contributed by atoms with Gasteiger partial charge in [-0.15, -0.1) is 0 Å². The molecule has 27 heavy (non-hydrogen) atoms. The molecule has 0 radical (unpaired) electrons. The number of ether oxygens (including phenoxy) is 1. The van der Waals surface area contributed by atoms with Crippen LogP contribution >= 0.6 is 0 Å². The Morgan fingerprint density at radius 2 is 2.00 bits per heavy atom. The summed E-state index contributed by atoms with van der Waals surface area (Å²) in [6, 6.07) is 5.46. The number of aryl methyl sites for hydroxylation is 1. The van der Waals surface area contributed by atoms with E-state index < -0.39 is 5.54 Å². The number of hydrogen-bond acceptors (Lipinski definition) is 4. The zero-order valence-corrected chi connectivity index (χ0v) is 16.2. The molecule has 1 aromatic carbocycles. The van der Waals surface area contributed by atoms with E-state index in [4.69, 9.17) is 4.74 Å². The number of hydrogen-bond donors (Lipinski definition) is 1. The van der Waals surface area contributed by atoms with E-state index in [1.807, 2.05) is 25.1 Å². The highest BCUT2D eigenvalue weighted by Crippen LogP contribution is 2.35. The number of benzene rings is 1. The Hall–Kier alpha value is -2.57. The summed E-state index contributed by atoms with van der Waals surface area (Å²) >= 11 is 0. The number of rotatable bonds is 6. The van der Waals surface area contributed by atoms with Crippen LogP contribution < -0.4 is 10.1 Å². The summed E-state index contributed by atoms with van der Waals surface area (Å²) in [5.74, 6) is 0.435. The molecule has 1 saturated heterocycles. The first-order valence-electron chi connectivity index (χ1n) is 9.38. The van der Waals surface area contributed by atoms with E-state index in [1.165, 1.54) is 4.90 Å². The number of imide groups is 1. The number of nitrogens with zero attached hydrogens (tertiary/aromatic N) is 2. The van der Waals surface area contributed by atoms with E-state index in [0.29, 0.717) is 19.4 Å². The molecule has 146 valence electrons. The maximum Gasteiger partial charge on any atom is 0.325 e. The summed E-state index contributed by atoms with van der Waals surface area (Å²) in [5.41, 5.74) is 1.29. The third kappa shape index (κ3) is 3.77. The van der Waals surface area contributed by atoms with Crippen LogP contribution in [0.15, 0.2) is 18.2 Å². The minimum atomic E-state index is -0.721. The van der Waals surface area contributed by atoms with Gasteiger partial charge in [0.15, 0.2) is 0 Å². The number of nitrogens with one attached hydrogen (secondary N) is 1. The SMILES string of the molecule is COc1ccc(C)cc1CN(C)C(=O)CCN1C(=O)NC2(CCCC2)C1=O. The molecular weight excluding hydrogens is 346 g/mol. The topological polar surface area (TPSA) is 79.0 Å². The van der Waals surface area contributed by atoms with Crippen molar-refractivity contribution in [3.8, 4) is 5.75 Å². The molecular formula is C20H27N3O4. The van der Waals surface area contributed by atoms with Gasteiger partial charge in [0.25, 0.3) is 5.91 Å². The Morgan fingerprint density at radius 1 is 1.30 bits per heavy atom. The zero-order valence-electron chi connectivity index (χ0n) is 16.2. The minimum absolute atomic E-state index is 0.111. The van der Waals surface area contributed by atoms with E-state index in [2.05, 4.69) is 5.32 Å². The van der Waals surface area contributed by atoms with Crippen molar-refractivity contribution >= 4 is 17.8 Å². The molecule has 1 saturated carbocycles. The molecule has 2 fully saturated rings. The van der Waals surface area contributed by atoms with Gasteiger partial charge in [-0.1, -0.05) is 30.5 Å². The normalized spacial score (nSPS) is 18.1. The first kappa shape index (κ1) is 19.2. The number of urea groups is 1. The monoisotopic (exact) mass is 373 g/mol. The Kier molecular flexibility index (Phi) is 5.39. The highest BCUT2D eigenvalue weighted by Gasteiger charge is 2.52. The highest BCUT2D eigenvalue weighted by atomic mass is 16.5. The molecule has 0 bridgehead atoms. The molecule has 2 aliphatic rings. The van der Waals surface area contributed by atoms with Crippen molar-refractivity contribution in [2.75, 3.05) is 20.7 Å². The molecule has 7 nitrogen and oxygen atoms in total. The third-order valence-electron chi connectivity index (χ3n) is 5.52. The van der Waals surface area contributed by atoms with E-state index in [9.17, 15) is 14.4 Å². The molecule has 0 atom stereocenters. The molecule has 3 rings (SSSR count). The zero-order chi connectivity index (χ0) is 19.6. The highest BCUT2D eigenvalue weighted by molar-refractivity contribution is 6.07. The van der Waals surface area contributed by atoms with Gasteiger partial charge in [-0.2, -0.15) is 0 Å². The van der Waals surface area contributed by atoms with Gasteiger partial charge in [0, 0.05) is 32.1 Å². The number of carbonyl (C=O) groups excluding carboxylic acids is 3. The molecule has 1 N–H and O–H groups in total. The molecule has 1 heterocycles. The third-order valence-corrected chi connectivity index (χ3v) is 5.52. The van der Waals surface area contributed by atoms with Crippen molar-refractivity contribution in [1.82, 2.24) is 15.1 Å². The average Bonchev–Trinajstić information content (AvgIpc) is 3.19. The fraction of sp³-hybridized carbons (Fsp3) is 0.550. The van der Waals surface area contributed by atoms with Gasteiger partial charge in [0.1, 0.15) is 11.3 Å². The number of methoxy groups -OCH3 is 1. The summed E-state index contributed by atoms with van der Waals surface area (Å²) in [7, 11) is 3.32. The van der Waals surface area contributed by atoms with Gasteiger partial charge in [0.2, 0.25) is 5.91 Å². The second-order valence-corrected chi connectivity index (χ2v) is 7.49. The Bertz CT molecular complexity index is 756. The van der Waals surface area contributed by atoms with Crippen LogP contribution in [-0.4, -0.2) is 53.9 Å². The lowest BCUT2D eigenvalue weighted by Crippen LogP contribution is -2.44. The van der Waals surface area contributed by atoms with E-state index in [-0.39, 0.29) is 30.8 Å².